The summed E-state index contributed by atoms with van der Waals surface area (Å²) in [5, 5.41) is 3.10. The van der Waals surface area contributed by atoms with E-state index in [1.807, 2.05) is 6.07 Å². The Labute approximate surface area is 140 Å². The SMILES string of the molecule is CNC(c1cccc(OC(F)(F)F)c1)c1cc(Br)sc1Br. The van der Waals surface area contributed by atoms with Crippen molar-refractivity contribution in [2.24, 2.45) is 0 Å². The Morgan fingerprint density at radius 2 is 1.95 bits per heavy atom. The predicted octanol–water partition coefficient (Wildman–Crippen LogP) is 5.48. The summed E-state index contributed by atoms with van der Waals surface area (Å²) in [6.45, 7) is 0. The molecule has 0 aliphatic heterocycles. The highest BCUT2D eigenvalue weighted by molar-refractivity contribution is 9.12. The molecule has 1 N–H and O–H groups in total. The Hall–Kier alpha value is -0.570. The fourth-order valence-corrected chi connectivity index (χ4v) is 4.84. The van der Waals surface area contributed by atoms with E-state index in [1.165, 1.54) is 29.5 Å². The van der Waals surface area contributed by atoms with Crippen LogP contribution in [0.4, 0.5) is 13.2 Å². The van der Waals surface area contributed by atoms with Crippen molar-refractivity contribution < 1.29 is 17.9 Å². The van der Waals surface area contributed by atoms with Crippen LogP contribution >= 0.6 is 43.2 Å². The molecule has 0 aliphatic carbocycles. The summed E-state index contributed by atoms with van der Waals surface area (Å²) in [6.07, 6.45) is -4.69. The third-order valence-electron chi connectivity index (χ3n) is 2.71. The number of thiophene rings is 1. The molecule has 0 spiro atoms. The van der Waals surface area contributed by atoms with E-state index < -0.39 is 6.36 Å². The second kappa shape index (κ2) is 6.68. The van der Waals surface area contributed by atoms with Gasteiger partial charge < -0.3 is 10.1 Å². The number of rotatable bonds is 4. The molecule has 1 heterocycles. The van der Waals surface area contributed by atoms with Gasteiger partial charge in [-0.2, -0.15) is 0 Å². The predicted molar refractivity (Wildman–Crippen MR) is 83.7 cm³/mol. The Morgan fingerprint density at radius 1 is 1.24 bits per heavy atom. The second-order valence-electron chi connectivity index (χ2n) is 4.12. The average molecular weight is 445 g/mol. The topological polar surface area (TPSA) is 21.3 Å². The molecule has 2 aromatic rings. The summed E-state index contributed by atoms with van der Waals surface area (Å²) in [4.78, 5) is 0. The minimum absolute atomic E-state index is 0.231. The molecule has 0 aliphatic rings. The van der Waals surface area contributed by atoms with Crippen molar-refractivity contribution in [3.8, 4) is 5.75 Å². The first-order valence-electron chi connectivity index (χ1n) is 5.78. The highest BCUT2D eigenvalue weighted by atomic mass is 79.9. The van der Waals surface area contributed by atoms with Crippen LogP contribution in [0, 0.1) is 0 Å². The van der Waals surface area contributed by atoms with Gasteiger partial charge in [-0.1, -0.05) is 12.1 Å². The molecule has 0 bridgehead atoms. The monoisotopic (exact) mass is 443 g/mol. The third kappa shape index (κ3) is 4.45. The smallest absolute Gasteiger partial charge is 0.406 e. The number of hydrogen-bond donors (Lipinski definition) is 1. The largest absolute Gasteiger partial charge is 0.573 e. The van der Waals surface area contributed by atoms with E-state index in [4.69, 9.17) is 0 Å². The van der Waals surface area contributed by atoms with Gasteiger partial charge in [-0.05, 0) is 68.2 Å². The second-order valence-corrected chi connectivity index (χ2v) is 7.87. The summed E-state index contributed by atoms with van der Waals surface area (Å²) in [5.74, 6) is -0.231. The summed E-state index contributed by atoms with van der Waals surface area (Å²) >= 11 is 8.36. The van der Waals surface area contributed by atoms with Crippen LogP contribution in [0.2, 0.25) is 0 Å². The van der Waals surface area contributed by atoms with Gasteiger partial charge in [0.15, 0.2) is 0 Å². The highest BCUT2D eigenvalue weighted by Crippen LogP contribution is 2.38. The van der Waals surface area contributed by atoms with E-state index in [1.54, 1.807) is 13.1 Å². The van der Waals surface area contributed by atoms with Crippen molar-refractivity contribution in [1.82, 2.24) is 5.32 Å². The van der Waals surface area contributed by atoms with Crippen molar-refractivity contribution in [2.45, 2.75) is 12.4 Å². The van der Waals surface area contributed by atoms with Crippen molar-refractivity contribution in [3.63, 3.8) is 0 Å². The molecule has 21 heavy (non-hydrogen) atoms. The fourth-order valence-electron chi connectivity index (χ4n) is 1.94. The van der Waals surface area contributed by atoms with Gasteiger partial charge in [0.25, 0.3) is 0 Å². The molecular weight excluding hydrogens is 435 g/mol. The Morgan fingerprint density at radius 3 is 2.48 bits per heavy atom. The summed E-state index contributed by atoms with van der Waals surface area (Å²) in [5.41, 5.74) is 1.63. The number of alkyl halides is 3. The molecule has 2 rings (SSSR count). The van der Waals surface area contributed by atoms with E-state index >= 15 is 0 Å². The first-order valence-corrected chi connectivity index (χ1v) is 8.18. The van der Waals surface area contributed by atoms with E-state index in [9.17, 15) is 13.2 Å². The minimum Gasteiger partial charge on any atom is -0.406 e. The van der Waals surface area contributed by atoms with Crippen LogP contribution in [0.25, 0.3) is 0 Å². The van der Waals surface area contributed by atoms with E-state index in [0.717, 1.165) is 13.1 Å². The van der Waals surface area contributed by atoms with Crippen molar-refractivity contribution in [2.75, 3.05) is 7.05 Å². The molecule has 1 aromatic carbocycles. The van der Waals surface area contributed by atoms with Gasteiger partial charge in [0.05, 0.1) is 13.6 Å². The molecule has 114 valence electrons. The Kier molecular flexibility index (Phi) is 5.34. The van der Waals surface area contributed by atoms with Crippen molar-refractivity contribution in [1.29, 1.82) is 0 Å². The Balaban J connectivity index is 2.35. The first-order chi connectivity index (χ1) is 9.80. The van der Waals surface area contributed by atoms with Gasteiger partial charge in [0.1, 0.15) is 5.75 Å². The molecule has 2 nitrogen and oxygen atoms in total. The summed E-state index contributed by atoms with van der Waals surface area (Å²) < 4.78 is 42.7. The minimum atomic E-state index is -4.69. The van der Waals surface area contributed by atoms with Gasteiger partial charge in [-0.15, -0.1) is 24.5 Å². The molecule has 0 fully saturated rings. The first kappa shape index (κ1) is 16.8. The molecule has 1 unspecified atom stereocenters. The molecule has 0 radical (unpaired) electrons. The average Bonchev–Trinajstić information content (AvgIpc) is 2.68. The Bertz CT molecular complexity index is 630. The van der Waals surface area contributed by atoms with Crippen LogP contribution in [-0.4, -0.2) is 13.4 Å². The zero-order valence-electron chi connectivity index (χ0n) is 10.7. The third-order valence-corrected chi connectivity index (χ3v) is 5.09. The molecule has 8 heteroatoms. The lowest BCUT2D eigenvalue weighted by Crippen LogP contribution is -2.19. The highest BCUT2D eigenvalue weighted by Gasteiger charge is 2.31. The number of ether oxygens (including phenoxy) is 1. The van der Waals surface area contributed by atoms with Crippen LogP contribution in [0.1, 0.15) is 17.2 Å². The normalized spacial score (nSPS) is 13.2. The molecular formula is C13H10Br2F3NOS. The standard InChI is InChI=1S/C13H10Br2F3NOS/c1-19-11(9-6-10(14)21-12(9)15)7-3-2-4-8(5-7)20-13(16,17)18/h2-6,11,19H,1H3. The number of nitrogens with one attached hydrogen (secondary N) is 1. The van der Waals surface area contributed by atoms with Crippen LogP contribution < -0.4 is 10.1 Å². The molecule has 1 aromatic heterocycles. The van der Waals surface area contributed by atoms with Crippen LogP contribution in [-0.2, 0) is 0 Å². The summed E-state index contributed by atoms with van der Waals surface area (Å²) in [7, 11) is 1.75. The number of hydrogen-bond acceptors (Lipinski definition) is 3. The van der Waals surface area contributed by atoms with Gasteiger partial charge in [0.2, 0.25) is 0 Å². The van der Waals surface area contributed by atoms with Crippen LogP contribution in [0.5, 0.6) is 5.75 Å². The maximum atomic E-state index is 12.3. The lowest BCUT2D eigenvalue weighted by atomic mass is 10.0. The van der Waals surface area contributed by atoms with Gasteiger partial charge in [-0.3, -0.25) is 0 Å². The fraction of sp³-hybridized carbons (Fsp3) is 0.231. The molecule has 0 saturated heterocycles. The maximum absolute atomic E-state index is 12.3. The van der Waals surface area contributed by atoms with Gasteiger partial charge >= 0.3 is 6.36 Å². The summed E-state index contributed by atoms with van der Waals surface area (Å²) in [6, 6.07) is 7.64. The lowest BCUT2D eigenvalue weighted by Gasteiger charge is -2.18. The maximum Gasteiger partial charge on any atom is 0.573 e. The van der Waals surface area contributed by atoms with Gasteiger partial charge in [0, 0.05) is 0 Å². The number of benzene rings is 1. The number of halogens is 5. The molecule has 1 atom stereocenters. The van der Waals surface area contributed by atoms with Crippen molar-refractivity contribution in [3.05, 3.63) is 49.0 Å². The van der Waals surface area contributed by atoms with Crippen LogP contribution in [0.3, 0.4) is 0 Å². The zero-order chi connectivity index (χ0) is 15.6. The van der Waals surface area contributed by atoms with Gasteiger partial charge in [-0.25, -0.2) is 0 Å². The van der Waals surface area contributed by atoms with Crippen molar-refractivity contribution >= 4 is 43.2 Å². The quantitative estimate of drug-likeness (QED) is 0.674. The zero-order valence-corrected chi connectivity index (χ0v) is 14.7. The molecule has 0 amide bonds. The lowest BCUT2D eigenvalue weighted by molar-refractivity contribution is -0.274. The van der Waals surface area contributed by atoms with E-state index in [-0.39, 0.29) is 11.8 Å². The van der Waals surface area contributed by atoms with E-state index in [2.05, 4.69) is 41.9 Å². The van der Waals surface area contributed by atoms with E-state index in [0.29, 0.717) is 5.56 Å². The molecule has 0 saturated carbocycles. The van der Waals surface area contributed by atoms with Crippen LogP contribution in [0.15, 0.2) is 37.9 Å².